The molecule has 0 atom stereocenters. The van der Waals surface area contributed by atoms with Crippen molar-refractivity contribution in [2.75, 3.05) is 11.4 Å². The van der Waals surface area contributed by atoms with Gasteiger partial charge in [-0.05, 0) is 62.6 Å². The van der Waals surface area contributed by atoms with Gasteiger partial charge in [-0.2, -0.15) is 0 Å². The molecule has 2 aromatic rings. The summed E-state index contributed by atoms with van der Waals surface area (Å²) in [6, 6.07) is 6.73. The summed E-state index contributed by atoms with van der Waals surface area (Å²) in [5.41, 5.74) is 7.28. The highest BCUT2D eigenvalue weighted by molar-refractivity contribution is 6.03. The number of rotatable bonds is 3. The van der Waals surface area contributed by atoms with Crippen LogP contribution in [0.2, 0.25) is 0 Å². The van der Waals surface area contributed by atoms with Gasteiger partial charge >= 0.3 is 0 Å². The highest BCUT2D eigenvalue weighted by atomic mass is 16.3. The third-order valence-electron chi connectivity index (χ3n) is 4.48. The molecule has 1 aromatic carbocycles. The minimum Gasteiger partial charge on any atom is -0.466 e. The van der Waals surface area contributed by atoms with Crippen LogP contribution >= 0.6 is 0 Å². The summed E-state index contributed by atoms with van der Waals surface area (Å²) in [6.45, 7) is 7.58. The first-order valence-corrected chi connectivity index (χ1v) is 8.65. The van der Waals surface area contributed by atoms with Gasteiger partial charge in [0.05, 0.1) is 5.56 Å². The molecule has 0 radical (unpaired) electrons. The summed E-state index contributed by atoms with van der Waals surface area (Å²) in [7, 11) is 0. The Morgan fingerprint density at radius 2 is 1.89 bits per heavy atom. The monoisotopic (exact) mass is 367 g/mol. The second kappa shape index (κ2) is 7.49. The van der Waals surface area contributed by atoms with Gasteiger partial charge in [0.25, 0.3) is 11.8 Å². The van der Waals surface area contributed by atoms with E-state index < -0.39 is 11.8 Å². The van der Waals surface area contributed by atoms with Crippen molar-refractivity contribution in [1.82, 2.24) is 10.9 Å². The lowest BCUT2D eigenvalue weighted by Crippen LogP contribution is -2.42. The molecule has 0 bridgehead atoms. The fraction of sp³-hybridized carbons (Fsp3) is 0.250. The van der Waals surface area contributed by atoms with Crippen molar-refractivity contribution in [3.63, 3.8) is 0 Å². The summed E-state index contributed by atoms with van der Waals surface area (Å²) >= 11 is 0. The number of nitrogens with one attached hydrogen (secondary N) is 2. The van der Waals surface area contributed by atoms with E-state index >= 15 is 0 Å². The maximum Gasteiger partial charge on any atom is 0.273 e. The Labute approximate surface area is 157 Å². The number of furan rings is 1. The topological polar surface area (TPSA) is 91.7 Å². The van der Waals surface area contributed by atoms with E-state index in [4.69, 9.17) is 4.42 Å². The lowest BCUT2D eigenvalue weighted by molar-refractivity contribution is -0.114. The van der Waals surface area contributed by atoms with Gasteiger partial charge in [0, 0.05) is 17.8 Å². The Morgan fingerprint density at radius 1 is 1.15 bits per heavy atom. The molecule has 3 amide bonds. The van der Waals surface area contributed by atoms with Gasteiger partial charge in [0.15, 0.2) is 0 Å². The Balaban J connectivity index is 1.71. The normalized spacial score (nSPS) is 12.9. The summed E-state index contributed by atoms with van der Waals surface area (Å²) < 4.78 is 5.32. The number of carbonyl (C=O) groups excluding carboxylic acids is 3. The minimum absolute atomic E-state index is 0.161. The molecule has 0 spiro atoms. The van der Waals surface area contributed by atoms with E-state index in [0.29, 0.717) is 29.2 Å². The predicted molar refractivity (Wildman–Crippen MR) is 100 cm³/mol. The first kappa shape index (κ1) is 18.4. The van der Waals surface area contributed by atoms with Gasteiger partial charge in [0.2, 0.25) is 5.91 Å². The van der Waals surface area contributed by atoms with Crippen molar-refractivity contribution in [3.8, 4) is 0 Å². The van der Waals surface area contributed by atoms with Crippen molar-refractivity contribution >= 4 is 23.4 Å². The molecule has 0 saturated carbocycles. The molecular weight excluding hydrogens is 346 g/mol. The number of hydrogen-bond acceptors (Lipinski definition) is 4. The predicted octanol–water partition coefficient (Wildman–Crippen LogP) is 2.44. The smallest absolute Gasteiger partial charge is 0.273 e. The van der Waals surface area contributed by atoms with Gasteiger partial charge < -0.3 is 9.32 Å². The molecule has 2 N–H and O–H groups in total. The number of carbonyl (C=O) groups is 3. The van der Waals surface area contributed by atoms with Crippen LogP contribution in [0.4, 0.5) is 5.69 Å². The van der Waals surface area contributed by atoms with Crippen molar-refractivity contribution in [1.29, 1.82) is 0 Å². The van der Waals surface area contributed by atoms with Crippen LogP contribution in [0.5, 0.6) is 0 Å². The van der Waals surface area contributed by atoms with Crippen LogP contribution in [-0.2, 0) is 11.2 Å². The standard InChI is InChI=1S/C20H21N3O4/c1-4-18(24)23-9-5-6-14-11-15(7-8-17(14)23)19(25)21-22-20(26)16-10-12(2)27-13(16)3/h4,7-8,10-11H,1,5-6,9H2,2-3H3,(H,21,25)(H,22,26). The largest absolute Gasteiger partial charge is 0.466 e. The van der Waals surface area contributed by atoms with E-state index in [1.807, 2.05) is 0 Å². The van der Waals surface area contributed by atoms with Gasteiger partial charge in [-0.3, -0.25) is 25.2 Å². The Kier molecular flexibility index (Phi) is 5.12. The van der Waals surface area contributed by atoms with Gasteiger partial charge in [0.1, 0.15) is 11.5 Å². The molecular formula is C20H21N3O4. The number of amides is 3. The zero-order chi connectivity index (χ0) is 19.6. The molecule has 0 fully saturated rings. The fourth-order valence-corrected chi connectivity index (χ4v) is 3.19. The summed E-state index contributed by atoms with van der Waals surface area (Å²) in [6.07, 6.45) is 2.87. The lowest BCUT2D eigenvalue weighted by Gasteiger charge is -2.28. The first-order valence-electron chi connectivity index (χ1n) is 8.65. The number of aryl methyl sites for hydroxylation is 3. The third-order valence-corrected chi connectivity index (χ3v) is 4.48. The van der Waals surface area contributed by atoms with E-state index in [2.05, 4.69) is 17.4 Å². The molecule has 1 aliphatic rings. The minimum atomic E-state index is -0.446. The highest BCUT2D eigenvalue weighted by Gasteiger charge is 2.22. The second-order valence-electron chi connectivity index (χ2n) is 6.38. The Morgan fingerprint density at radius 3 is 2.56 bits per heavy atom. The molecule has 1 aromatic heterocycles. The van der Waals surface area contributed by atoms with E-state index in [0.717, 1.165) is 24.1 Å². The maximum absolute atomic E-state index is 12.4. The third kappa shape index (κ3) is 3.76. The lowest BCUT2D eigenvalue weighted by atomic mass is 9.99. The Hall–Kier alpha value is -3.35. The van der Waals surface area contributed by atoms with E-state index in [-0.39, 0.29) is 5.91 Å². The van der Waals surface area contributed by atoms with Crippen LogP contribution in [0, 0.1) is 13.8 Å². The number of anilines is 1. The molecule has 0 saturated heterocycles. The maximum atomic E-state index is 12.4. The molecule has 3 rings (SSSR count). The molecule has 2 heterocycles. The van der Waals surface area contributed by atoms with E-state index in [1.54, 1.807) is 43.0 Å². The summed E-state index contributed by atoms with van der Waals surface area (Å²) in [5, 5.41) is 0. The van der Waals surface area contributed by atoms with Crippen LogP contribution in [0.15, 0.2) is 41.3 Å². The van der Waals surface area contributed by atoms with Crippen LogP contribution in [0.25, 0.3) is 0 Å². The number of fused-ring (bicyclic) bond motifs is 1. The number of nitrogens with zero attached hydrogens (tertiary/aromatic N) is 1. The molecule has 7 nitrogen and oxygen atoms in total. The van der Waals surface area contributed by atoms with E-state index in [1.165, 1.54) is 6.08 Å². The molecule has 7 heteroatoms. The van der Waals surface area contributed by atoms with Crippen molar-refractivity contribution in [2.24, 2.45) is 0 Å². The second-order valence-corrected chi connectivity index (χ2v) is 6.38. The van der Waals surface area contributed by atoms with Crippen LogP contribution in [0.1, 0.15) is 44.2 Å². The zero-order valence-corrected chi connectivity index (χ0v) is 15.3. The average molecular weight is 367 g/mol. The number of benzene rings is 1. The van der Waals surface area contributed by atoms with Crippen molar-refractivity contribution in [2.45, 2.75) is 26.7 Å². The van der Waals surface area contributed by atoms with Crippen LogP contribution in [0.3, 0.4) is 0 Å². The van der Waals surface area contributed by atoms with Crippen molar-refractivity contribution < 1.29 is 18.8 Å². The SMILES string of the molecule is C=CC(=O)N1CCCc2cc(C(=O)NNC(=O)c3cc(C)oc3C)ccc21. The van der Waals surface area contributed by atoms with Crippen LogP contribution < -0.4 is 15.8 Å². The summed E-state index contributed by atoms with van der Waals surface area (Å²) in [5.74, 6) is 0.0677. The van der Waals surface area contributed by atoms with Crippen molar-refractivity contribution in [3.05, 3.63) is 65.1 Å². The number of hydrazine groups is 1. The quantitative estimate of drug-likeness (QED) is 0.644. The van der Waals surface area contributed by atoms with Gasteiger partial charge in [-0.1, -0.05) is 6.58 Å². The molecule has 0 unspecified atom stereocenters. The zero-order valence-electron chi connectivity index (χ0n) is 15.3. The molecule has 0 aliphatic carbocycles. The first-order chi connectivity index (χ1) is 12.9. The van der Waals surface area contributed by atoms with E-state index in [9.17, 15) is 14.4 Å². The molecule has 140 valence electrons. The molecule has 27 heavy (non-hydrogen) atoms. The Bertz CT molecular complexity index is 929. The fourth-order valence-electron chi connectivity index (χ4n) is 3.19. The highest BCUT2D eigenvalue weighted by Crippen LogP contribution is 2.28. The average Bonchev–Trinajstić information content (AvgIpc) is 3.02. The molecule has 1 aliphatic heterocycles. The van der Waals surface area contributed by atoms with Gasteiger partial charge in [-0.15, -0.1) is 0 Å². The van der Waals surface area contributed by atoms with Crippen LogP contribution in [-0.4, -0.2) is 24.3 Å². The summed E-state index contributed by atoms with van der Waals surface area (Å²) in [4.78, 5) is 38.2. The number of hydrogen-bond donors (Lipinski definition) is 2. The van der Waals surface area contributed by atoms with Gasteiger partial charge in [-0.25, -0.2) is 0 Å².